The van der Waals surface area contributed by atoms with Gasteiger partial charge in [0.2, 0.25) is 0 Å². The summed E-state index contributed by atoms with van der Waals surface area (Å²) in [4.78, 5) is 4.45. The van der Waals surface area contributed by atoms with Crippen molar-refractivity contribution in [3.05, 3.63) is 35.0 Å². The number of halogens is 1. The first kappa shape index (κ1) is 9.61. The summed E-state index contributed by atoms with van der Waals surface area (Å²) in [5, 5.41) is 4.04. The Labute approximate surface area is 95.0 Å². The predicted molar refractivity (Wildman–Crippen MR) is 61.0 cm³/mol. The minimum Gasteiger partial charge on any atom is -0.316 e. The van der Waals surface area contributed by atoms with Gasteiger partial charge in [-0.05, 0) is 43.9 Å². The van der Waals surface area contributed by atoms with Crippen molar-refractivity contribution in [2.45, 2.75) is 24.7 Å². The first-order chi connectivity index (χ1) is 7.30. The van der Waals surface area contributed by atoms with E-state index in [1.165, 1.54) is 24.1 Å². The maximum absolute atomic E-state index is 5.93. The van der Waals surface area contributed by atoms with Crippen LogP contribution in [0.25, 0.3) is 0 Å². The van der Waals surface area contributed by atoms with Gasteiger partial charge in [0.25, 0.3) is 0 Å². The third-order valence-electron chi connectivity index (χ3n) is 3.59. The lowest BCUT2D eigenvalue weighted by Crippen LogP contribution is -2.34. The van der Waals surface area contributed by atoms with Crippen molar-refractivity contribution >= 4 is 11.6 Å². The summed E-state index contributed by atoms with van der Waals surface area (Å²) in [5.74, 6) is 0. The van der Waals surface area contributed by atoms with E-state index in [2.05, 4.69) is 22.8 Å². The van der Waals surface area contributed by atoms with E-state index in [1.54, 1.807) is 0 Å². The van der Waals surface area contributed by atoms with Crippen LogP contribution in [0.3, 0.4) is 0 Å². The zero-order valence-electron chi connectivity index (χ0n) is 8.59. The number of pyridine rings is 1. The van der Waals surface area contributed by atoms with Gasteiger partial charge in [-0.1, -0.05) is 17.7 Å². The molecule has 0 saturated carbocycles. The molecule has 1 saturated heterocycles. The highest BCUT2D eigenvalue weighted by atomic mass is 35.5. The highest BCUT2D eigenvalue weighted by Crippen LogP contribution is 2.40. The highest BCUT2D eigenvalue weighted by Gasteiger charge is 2.39. The van der Waals surface area contributed by atoms with Crippen LogP contribution >= 0.6 is 11.6 Å². The molecule has 1 aromatic rings. The van der Waals surface area contributed by atoms with Crippen LogP contribution in [0.15, 0.2) is 12.1 Å². The lowest BCUT2D eigenvalue weighted by molar-refractivity contribution is 0.439. The lowest BCUT2D eigenvalue weighted by Gasteiger charge is -2.34. The van der Waals surface area contributed by atoms with Gasteiger partial charge < -0.3 is 5.32 Å². The molecule has 1 atom stereocenters. The number of rotatable bonds is 0. The first-order valence-electron chi connectivity index (χ1n) is 5.51. The van der Waals surface area contributed by atoms with Crippen LogP contribution in [0.2, 0.25) is 5.15 Å². The second-order valence-electron chi connectivity index (χ2n) is 4.47. The third-order valence-corrected chi connectivity index (χ3v) is 3.80. The molecule has 1 N–H and O–H groups in total. The quantitative estimate of drug-likeness (QED) is 0.679. The Morgan fingerprint density at radius 3 is 3.13 bits per heavy atom. The topological polar surface area (TPSA) is 24.9 Å². The number of fused-ring (bicyclic) bond motifs is 2. The second kappa shape index (κ2) is 3.46. The molecule has 15 heavy (non-hydrogen) atoms. The molecule has 0 amide bonds. The van der Waals surface area contributed by atoms with E-state index in [0.717, 1.165) is 19.5 Å². The minimum absolute atomic E-state index is 0.241. The summed E-state index contributed by atoms with van der Waals surface area (Å²) >= 11 is 5.93. The lowest BCUT2D eigenvalue weighted by atomic mass is 9.71. The van der Waals surface area contributed by atoms with Crippen molar-refractivity contribution in [2.24, 2.45) is 0 Å². The van der Waals surface area contributed by atoms with E-state index < -0.39 is 0 Å². The molecule has 2 nitrogen and oxygen atoms in total. The van der Waals surface area contributed by atoms with Crippen LogP contribution in [0.5, 0.6) is 0 Å². The Morgan fingerprint density at radius 1 is 1.40 bits per heavy atom. The van der Waals surface area contributed by atoms with Crippen LogP contribution in [0.4, 0.5) is 0 Å². The Bertz CT molecular complexity index is 383. The molecule has 0 unspecified atom stereocenters. The fourth-order valence-corrected chi connectivity index (χ4v) is 3.02. The van der Waals surface area contributed by atoms with Crippen molar-refractivity contribution < 1.29 is 0 Å². The van der Waals surface area contributed by atoms with Gasteiger partial charge in [0.1, 0.15) is 5.15 Å². The van der Waals surface area contributed by atoms with E-state index in [0.29, 0.717) is 5.15 Å². The van der Waals surface area contributed by atoms with Crippen LogP contribution in [-0.2, 0) is 11.8 Å². The molecular weight excluding hydrogens is 208 g/mol. The van der Waals surface area contributed by atoms with E-state index >= 15 is 0 Å². The monoisotopic (exact) mass is 221 g/mol. The second-order valence-corrected chi connectivity index (χ2v) is 4.86. The van der Waals surface area contributed by atoms with E-state index in [1.807, 2.05) is 6.07 Å². The molecule has 1 aromatic heterocycles. The molecule has 0 aromatic carbocycles. The largest absolute Gasteiger partial charge is 0.316 e. The van der Waals surface area contributed by atoms with Crippen molar-refractivity contribution in [2.75, 3.05) is 13.1 Å². The van der Waals surface area contributed by atoms with Crippen LogP contribution in [0, 0.1) is 6.42 Å². The van der Waals surface area contributed by atoms with E-state index in [-0.39, 0.29) is 5.41 Å². The molecule has 0 bridgehead atoms. The standard InChI is InChI=1S/C12H14ClN2/c13-11-4-3-9-10(15-11)2-1-5-12(9)6-7-14-8-12/h3-4,6,14H,1-2,5,7-8H2/t12-/m0/s1. The molecule has 79 valence electrons. The predicted octanol–water partition coefficient (Wildman–Crippen LogP) is 2.12. The fraction of sp³-hybridized carbons (Fsp3) is 0.500. The van der Waals surface area contributed by atoms with Crippen molar-refractivity contribution in [3.63, 3.8) is 0 Å². The summed E-state index contributed by atoms with van der Waals surface area (Å²) in [6, 6.07) is 4.08. The number of aryl methyl sites for hydroxylation is 1. The van der Waals surface area contributed by atoms with Gasteiger partial charge in [0.05, 0.1) is 0 Å². The van der Waals surface area contributed by atoms with Crippen LogP contribution < -0.4 is 5.32 Å². The van der Waals surface area contributed by atoms with Gasteiger partial charge >= 0.3 is 0 Å². The fourth-order valence-electron chi connectivity index (χ4n) is 2.86. The van der Waals surface area contributed by atoms with Gasteiger partial charge in [-0.15, -0.1) is 0 Å². The average Bonchev–Trinajstić information content (AvgIpc) is 2.67. The summed E-state index contributed by atoms with van der Waals surface area (Å²) in [7, 11) is 0. The molecule has 2 aliphatic rings. The van der Waals surface area contributed by atoms with Crippen LogP contribution in [-0.4, -0.2) is 18.1 Å². The molecule has 3 heteroatoms. The van der Waals surface area contributed by atoms with Crippen molar-refractivity contribution in [1.29, 1.82) is 0 Å². The molecule has 2 heterocycles. The molecule has 1 aliphatic heterocycles. The first-order valence-corrected chi connectivity index (χ1v) is 5.89. The Morgan fingerprint density at radius 2 is 2.33 bits per heavy atom. The maximum Gasteiger partial charge on any atom is 0.129 e. The zero-order valence-corrected chi connectivity index (χ0v) is 9.35. The summed E-state index contributed by atoms with van der Waals surface area (Å²) < 4.78 is 0. The normalized spacial score (nSPS) is 29.4. The van der Waals surface area contributed by atoms with Crippen molar-refractivity contribution in [1.82, 2.24) is 10.3 Å². The van der Waals surface area contributed by atoms with Gasteiger partial charge in [-0.2, -0.15) is 0 Å². The molecule has 1 fully saturated rings. The summed E-state index contributed by atoms with van der Waals surface area (Å²) in [6.07, 6.45) is 5.95. The molecule has 1 radical (unpaired) electrons. The Kier molecular flexibility index (Phi) is 2.22. The van der Waals surface area contributed by atoms with E-state index in [4.69, 9.17) is 11.6 Å². The number of nitrogens with zero attached hydrogens (tertiary/aromatic N) is 1. The minimum atomic E-state index is 0.241. The van der Waals surface area contributed by atoms with Gasteiger partial charge in [-0.3, -0.25) is 0 Å². The number of nitrogens with one attached hydrogen (secondary N) is 1. The highest BCUT2D eigenvalue weighted by molar-refractivity contribution is 6.29. The number of hydrogen-bond donors (Lipinski definition) is 1. The number of aromatic nitrogens is 1. The summed E-state index contributed by atoms with van der Waals surface area (Å²) in [5.41, 5.74) is 2.84. The van der Waals surface area contributed by atoms with E-state index in [9.17, 15) is 0 Å². The van der Waals surface area contributed by atoms with Crippen molar-refractivity contribution in [3.8, 4) is 0 Å². The molecule has 3 rings (SSSR count). The van der Waals surface area contributed by atoms with Gasteiger partial charge in [0.15, 0.2) is 0 Å². The SMILES string of the molecule is Clc1ccc2c(n1)CCC[C@@]21[CH]CNC1. The van der Waals surface area contributed by atoms with Gasteiger partial charge in [0, 0.05) is 17.7 Å². The molecule has 1 spiro atoms. The average molecular weight is 222 g/mol. The Balaban J connectivity index is 2.10. The van der Waals surface area contributed by atoms with Gasteiger partial charge in [-0.25, -0.2) is 4.98 Å². The number of hydrogen-bond acceptors (Lipinski definition) is 2. The summed E-state index contributed by atoms with van der Waals surface area (Å²) in [6.45, 7) is 2.07. The van der Waals surface area contributed by atoms with Crippen LogP contribution in [0.1, 0.15) is 24.1 Å². The molecular formula is C12H14ClN2. The maximum atomic E-state index is 5.93. The zero-order chi connectivity index (χ0) is 10.3. The Hall–Kier alpha value is -0.600. The smallest absolute Gasteiger partial charge is 0.129 e. The molecule has 1 aliphatic carbocycles. The third kappa shape index (κ3) is 1.47.